The summed E-state index contributed by atoms with van der Waals surface area (Å²) in [7, 11) is -4.07. The van der Waals surface area contributed by atoms with E-state index in [-0.39, 0.29) is 16.3 Å². The van der Waals surface area contributed by atoms with Crippen molar-refractivity contribution < 1.29 is 13.3 Å². The Balaban J connectivity index is 1.58. The zero-order valence-electron chi connectivity index (χ0n) is 17.9. The van der Waals surface area contributed by atoms with Gasteiger partial charge in [0.1, 0.15) is 5.69 Å². The van der Waals surface area contributed by atoms with E-state index in [2.05, 4.69) is 27.2 Å². The van der Waals surface area contributed by atoms with Crippen molar-refractivity contribution >= 4 is 55.8 Å². The van der Waals surface area contributed by atoms with Crippen LogP contribution >= 0.6 is 11.6 Å². The molecule has 0 radical (unpaired) electrons. The molecule has 3 N–H and O–H groups in total. The van der Waals surface area contributed by atoms with Gasteiger partial charge in [0.25, 0.3) is 15.7 Å². The van der Waals surface area contributed by atoms with Gasteiger partial charge in [-0.3, -0.25) is 20.3 Å². The molecule has 0 bridgehead atoms. The Hall–Kier alpha value is -3.89. The van der Waals surface area contributed by atoms with Crippen LogP contribution in [-0.4, -0.2) is 24.5 Å². The number of fused-ring (bicyclic) bond motifs is 1. The number of nitrogens with one attached hydrogen (secondary N) is 3. The van der Waals surface area contributed by atoms with E-state index in [1.165, 1.54) is 29.8 Å². The number of nitro groups is 1. The summed E-state index contributed by atoms with van der Waals surface area (Å²) < 4.78 is 27.8. The Labute approximate surface area is 200 Å². The lowest BCUT2D eigenvalue weighted by Gasteiger charge is -2.09. The van der Waals surface area contributed by atoms with E-state index < -0.39 is 20.6 Å². The molecule has 0 spiro atoms. The van der Waals surface area contributed by atoms with Gasteiger partial charge in [-0.15, -0.1) is 0 Å². The minimum Gasteiger partial charge on any atom is -0.360 e. The molecular formula is C23H20ClN5O4S. The highest BCUT2D eigenvalue weighted by molar-refractivity contribution is 7.92. The van der Waals surface area contributed by atoms with Crippen molar-refractivity contribution in [1.82, 2.24) is 4.98 Å². The van der Waals surface area contributed by atoms with E-state index >= 15 is 0 Å². The first-order valence-electron chi connectivity index (χ1n) is 10.2. The van der Waals surface area contributed by atoms with E-state index in [4.69, 9.17) is 11.6 Å². The SMILES string of the molecule is CCc1cccc2c(/C=N/Nc3ccc(S(=O)(=O)Nc4cccc(Cl)c4)cc3[N+](=O)[O-])c[nH]c12. The number of sulfonamides is 1. The summed E-state index contributed by atoms with van der Waals surface area (Å²) in [5, 5.41) is 17.1. The van der Waals surface area contributed by atoms with Gasteiger partial charge in [0, 0.05) is 33.8 Å². The number of nitrogens with zero attached hydrogens (tertiary/aromatic N) is 2. The van der Waals surface area contributed by atoms with Crippen LogP contribution in [-0.2, 0) is 16.4 Å². The highest BCUT2D eigenvalue weighted by Gasteiger charge is 2.21. The predicted octanol–water partition coefficient (Wildman–Crippen LogP) is 5.54. The van der Waals surface area contributed by atoms with Gasteiger partial charge in [0.05, 0.1) is 21.7 Å². The van der Waals surface area contributed by atoms with Crippen LogP contribution in [0.15, 0.2) is 76.9 Å². The quantitative estimate of drug-likeness (QED) is 0.167. The largest absolute Gasteiger partial charge is 0.360 e. The standard InChI is InChI=1S/C23H20ClN5O4S/c1-2-15-5-3-8-20-16(13-25-23(15)20)14-26-27-21-10-9-19(12-22(21)29(30)31)34(32,33)28-18-7-4-6-17(24)11-18/h3-14,25,27-28H,2H2,1H3/b26-14+. The number of hydrogen-bond donors (Lipinski definition) is 3. The summed E-state index contributed by atoms with van der Waals surface area (Å²) in [5.74, 6) is 0. The summed E-state index contributed by atoms with van der Waals surface area (Å²) in [5.41, 5.74) is 5.50. The maximum Gasteiger partial charge on any atom is 0.295 e. The van der Waals surface area contributed by atoms with Crippen LogP contribution < -0.4 is 10.1 Å². The fourth-order valence-corrected chi connectivity index (χ4v) is 4.76. The average molecular weight is 498 g/mol. The fourth-order valence-electron chi connectivity index (χ4n) is 3.50. The number of para-hydroxylation sites is 1. The van der Waals surface area contributed by atoms with Gasteiger partial charge >= 0.3 is 0 Å². The van der Waals surface area contributed by atoms with E-state index in [0.717, 1.165) is 29.0 Å². The van der Waals surface area contributed by atoms with Gasteiger partial charge in [-0.2, -0.15) is 5.10 Å². The first-order valence-corrected chi connectivity index (χ1v) is 12.1. The van der Waals surface area contributed by atoms with Crippen molar-refractivity contribution in [3.05, 3.63) is 93.1 Å². The van der Waals surface area contributed by atoms with Gasteiger partial charge in [-0.25, -0.2) is 8.42 Å². The van der Waals surface area contributed by atoms with E-state index in [0.29, 0.717) is 5.02 Å². The Morgan fingerprint density at radius 1 is 1.15 bits per heavy atom. The number of rotatable bonds is 8. The first-order chi connectivity index (χ1) is 16.3. The van der Waals surface area contributed by atoms with Crippen LogP contribution in [0.1, 0.15) is 18.1 Å². The number of benzene rings is 3. The van der Waals surface area contributed by atoms with Crippen LogP contribution in [0.2, 0.25) is 5.02 Å². The minimum atomic E-state index is -4.07. The van der Waals surface area contributed by atoms with Crippen molar-refractivity contribution in [2.75, 3.05) is 10.1 Å². The summed E-state index contributed by atoms with van der Waals surface area (Å²) >= 11 is 5.89. The zero-order valence-corrected chi connectivity index (χ0v) is 19.5. The topological polar surface area (TPSA) is 129 Å². The molecule has 4 rings (SSSR count). The molecule has 174 valence electrons. The average Bonchev–Trinajstić information content (AvgIpc) is 3.22. The molecule has 34 heavy (non-hydrogen) atoms. The summed E-state index contributed by atoms with van der Waals surface area (Å²) in [6.45, 7) is 2.07. The molecule has 1 aromatic heterocycles. The van der Waals surface area contributed by atoms with Crippen LogP contribution in [0.4, 0.5) is 17.1 Å². The molecule has 0 amide bonds. The Morgan fingerprint density at radius 3 is 2.68 bits per heavy atom. The molecule has 11 heteroatoms. The highest BCUT2D eigenvalue weighted by atomic mass is 35.5. The smallest absolute Gasteiger partial charge is 0.295 e. The highest BCUT2D eigenvalue weighted by Crippen LogP contribution is 2.29. The molecule has 0 saturated heterocycles. The molecule has 0 saturated carbocycles. The predicted molar refractivity (Wildman–Crippen MR) is 134 cm³/mol. The third kappa shape index (κ3) is 4.87. The van der Waals surface area contributed by atoms with Gasteiger partial charge in [0.15, 0.2) is 0 Å². The lowest BCUT2D eigenvalue weighted by molar-refractivity contribution is -0.384. The second-order valence-corrected chi connectivity index (χ2v) is 9.48. The zero-order chi connectivity index (χ0) is 24.3. The number of hydrogen-bond acceptors (Lipinski definition) is 6. The second kappa shape index (κ2) is 9.54. The molecular weight excluding hydrogens is 478 g/mol. The molecule has 0 aliphatic carbocycles. The summed E-state index contributed by atoms with van der Waals surface area (Å²) in [6.07, 6.45) is 4.23. The van der Waals surface area contributed by atoms with E-state index in [9.17, 15) is 18.5 Å². The van der Waals surface area contributed by atoms with Gasteiger partial charge in [-0.05, 0) is 42.3 Å². The van der Waals surface area contributed by atoms with Crippen LogP contribution in [0.3, 0.4) is 0 Å². The molecule has 1 heterocycles. The third-order valence-electron chi connectivity index (χ3n) is 5.16. The number of nitro benzene ring substituents is 1. The van der Waals surface area contributed by atoms with E-state index in [1.807, 2.05) is 18.2 Å². The normalized spacial score (nSPS) is 11.7. The van der Waals surface area contributed by atoms with Crippen molar-refractivity contribution in [3.8, 4) is 0 Å². The number of H-pyrrole nitrogens is 1. The van der Waals surface area contributed by atoms with Gasteiger partial charge in [-0.1, -0.05) is 42.8 Å². The molecule has 4 aromatic rings. The molecule has 9 nitrogen and oxygen atoms in total. The fraction of sp³-hybridized carbons (Fsp3) is 0.0870. The van der Waals surface area contributed by atoms with Crippen molar-refractivity contribution in [1.29, 1.82) is 0 Å². The van der Waals surface area contributed by atoms with Crippen molar-refractivity contribution in [2.24, 2.45) is 5.10 Å². The molecule has 0 atom stereocenters. The van der Waals surface area contributed by atoms with E-state index in [1.54, 1.807) is 24.5 Å². The number of anilines is 2. The molecule has 0 aliphatic rings. The molecule has 0 fully saturated rings. The van der Waals surface area contributed by atoms with Gasteiger partial charge < -0.3 is 4.98 Å². The van der Waals surface area contributed by atoms with Crippen molar-refractivity contribution in [2.45, 2.75) is 18.2 Å². The summed E-state index contributed by atoms with van der Waals surface area (Å²) in [6, 6.07) is 15.6. The lowest BCUT2D eigenvalue weighted by Crippen LogP contribution is -2.13. The number of aromatic amines is 1. The number of aromatic nitrogens is 1. The second-order valence-electron chi connectivity index (χ2n) is 7.36. The van der Waals surface area contributed by atoms with Gasteiger partial charge in [0.2, 0.25) is 0 Å². The molecule has 0 unspecified atom stereocenters. The molecule has 0 aliphatic heterocycles. The maximum atomic E-state index is 12.7. The first kappa shape index (κ1) is 23.3. The Kier molecular flexibility index (Phi) is 6.53. The molecule has 3 aromatic carbocycles. The number of aryl methyl sites for hydroxylation is 1. The van der Waals surface area contributed by atoms with Crippen LogP contribution in [0.25, 0.3) is 10.9 Å². The van der Waals surface area contributed by atoms with Crippen LogP contribution in [0, 0.1) is 10.1 Å². The third-order valence-corrected chi connectivity index (χ3v) is 6.77. The minimum absolute atomic E-state index is 0.0528. The monoisotopic (exact) mass is 497 g/mol. The number of hydrazone groups is 1. The number of halogens is 1. The lowest BCUT2D eigenvalue weighted by atomic mass is 10.1. The Bertz CT molecular complexity index is 1520. The Morgan fingerprint density at radius 2 is 1.94 bits per heavy atom. The van der Waals surface area contributed by atoms with Crippen molar-refractivity contribution in [3.63, 3.8) is 0 Å². The maximum absolute atomic E-state index is 12.7. The summed E-state index contributed by atoms with van der Waals surface area (Å²) in [4.78, 5) is 13.9. The van der Waals surface area contributed by atoms with Crippen LogP contribution in [0.5, 0.6) is 0 Å².